The number of hydrogen-bond donors (Lipinski definition) is 1. The number of rotatable bonds is 4. The fraction of sp³-hybridized carbons (Fsp3) is 0.583. The van der Waals surface area contributed by atoms with E-state index < -0.39 is 0 Å². The van der Waals surface area contributed by atoms with Gasteiger partial charge < -0.3 is 10.6 Å². The molecule has 0 radical (unpaired) electrons. The molecule has 2 N–H and O–H groups in total. The van der Waals surface area contributed by atoms with E-state index in [0.29, 0.717) is 6.54 Å². The van der Waals surface area contributed by atoms with Crippen molar-refractivity contribution in [2.45, 2.75) is 25.2 Å². The Labute approximate surface area is 91.3 Å². The van der Waals surface area contributed by atoms with E-state index in [-0.39, 0.29) is 0 Å². The molecule has 1 heterocycles. The molecule has 0 atom stereocenters. The molecule has 1 aliphatic carbocycles. The van der Waals surface area contributed by atoms with Gasteiger partial charge in [-0.3, -0.25) is 0 Å². The zero-order valence-electron chi connectivity index (χ0n) is 9.53. The van der Waals surface area contributed by atoms with Crippen LogP contribution in [0.15, 0.2) is 12.1 Å². The highest BCUT2D eigenvalue weighted by molar-refractivity contribution is 5.47. The normalized spacial score (nSPS) is 15.4. The summed E-state index contributed by atoms with van der Waals surface area (Å²) >= 11 is 0. The number of nitrogens with two attached hydrogens (primary N) is 1. The second kappa shape index (κ2) is 4.19. The maximum atomic E-state index is 5.59. The van der Waals surface area contributed by atoms with Gasteiger partial charge in [-0.05, 0) is 37.4 Å². The summed E-state index contributed by atoms with van der Waals surface area (Å²) < 4.78 is 0. The van der Waals surface area contributed by atoms with Crippen LogP contribution >= 0.6 is 0 Å². The summed E-state index contributed by atoms with van der Waals surface area (Å²) in [5, 5.41) is 0. The Morgan fingerprint density at radius 3 is 2.67 bits per heavy atom. The van der Waals surface area contributed by atoms with Gasteiger partial charge in [0.1, 0.15) is 5.82 Å². The molecule has 0 saturated heterocycles. The van der Waals surface area contributed by atoms with Crippen LogP contribution in [0.2, 0.25) is 0 Å². The van der Waals surface area contributed by atoms with Gasteiger partial charge in [0.2, 0.25) is 0 Å². The van der Waals surface area contributed by atoms with E-state index in [0.717, 1.165) is 18.2 Å². The molecule has 3 heteroatoms. The van der Waals surface area contributed by atoms with Crippen molar-refractivity contribution in [1.29, 1.82) is 0 Å². The van der Waals surface area contributed by atoms with Crippen LogP contribution in [0, 0.1) is 0 Å². The molecule has 82 valence electrons. The van der Waals surface area contributed by atoms with Crippen LogP contribution in [0.3, 0.4) is 0 Å². The molecule has 0 amide bonds. The number of pyridine rings is 1. The summed E-state index contributed by atoms with van der Waals surface area (Å²) in [6.07, 6.45) is 3.51. The molecule has 0 unspecified atom stereocenters. The summed E-state index contributed by atoms with van der Waals surface area (Å²) in [4.78, 5) is 6.80. The second-order valence-electron chi connectivity index (χ2n) is 4.43. The van der Waals surface area contributed by atoms with E-state index in [1.807, 2.05) is 14.1 Å². The molecule has 0 bridgehead atoms. The van der Waals surface area contributed by atoms with Crippen molar-refractivity contribution in [3.05, 3.63) is 23.4 Å². The van der Waals surface area contributed by atoms with Gasteiger partial charge in [0, 0.05) is 25.7 Å². The Balaban J connectivity index is 2.30. The van der Waals surface area contributed by atoms with Gasteiger partial charge >= 0.3 is 0 Å². The lowest BCUT2D eigenvalue weighted by atomic mass is 10.1. The molecule has 1 aromatic rings. The van der Waals surface area contributed by atoms with E-state index in [4.69, 9.17) is 10.7 Å². The summed E-state index contributed by atoms with van der Waals surface area (Å²) in [5.41, 5.74) is 8.10. The minimum Gasteiger partial charge on any atom is -0.363 e. The Morgan fingerprint density at radius 1 is 1.40 bits per heavy atom. The summed E-state index contributed by atoms with van der Waals surface area (Å²) in [6, 6.07) is 4.35. The number of hydrogen-bond acceptors (Lipinski definition) is 3. The van der Waals surface area contributed by atoms with E-state index in [1.54, 1.807) is 0 Å². The van der Waals surface area contributed by atoms with Crippen molar-refractivity contribution in [1.82, 2.24) is 4.98 Å². The first kappa shape index (κ1) is 10.4. The molecule has 2 rings (SSSR count). The third-order valence-corrected chi connectivity index (χ3v) is 2.81. The zero-order chi connectivity index (χ0) is 10.8. The van der Waals surface area contributed by atoms with Crippen molar-refractivity contribution < 1.29 is 0 Å². The van der Waals surface area contributed by atoms with Gasteiger partial charge in [0.25, 0.3) is 0 Å². The maximum Gasteiger partial charge on any atom is 0.131 e. The van der Waals surface area contributed by atoms with Gasteiger partial charge in [-0.25, -0.2) is 4.98 Å². The van der Waals surface area contributed by atoms with Gasteiger partial charge in [-0.15, -0.1) is 0 Å². The Kier molecular flexibility index (Phi) is 2.91. The molecule has 1 saturated carbocycles. The first-order chi connectivity index (χ1) is 7.22. The minimum atomic E-state index is 0.686. The number of anilines is 1. The van der Waals surface area contributed by atoms with Crippen LogP contribution in [0.25, 0.3) is 0 Å². The zero-order valence-corrected chi connectivity index (χ0v) is 9.53. The van der Waals surface area contributed by atoms with Crippen LogP contribution in [-0.4, -0.2) is 25.6 Å². The first-order valence-electron chi connectivity index (χ1n) is 5.59. The van der Waals surface area contributed by atoms with Crippen molar-refractivity contribution in [3.8, 4) is 0 Å². The van der Waals surface area contributed by atoms with E-state index >= 15 is 0 Å². The Bertz CT molecular complexity index is 343. The van der Waals surface area contributed by atoms with Crippen molar-refractivity contribution >= 4 is 5.82 Å². The van der Waals surface area contributed by atoms with Crippen LogP contribution in [-0.2, 0) is 6.42 Å². The van der Waals surface area contributed by atoms with Crippen LogP contribution in [0.1, 0.15) is 30.0 Å². The molecule has 0 aromatic carbocycles. The third kappa shape index (κ3) is 2.29. The maximum absolute atomic E-state index is 5.59. The fourth-order valence-corrected chi connectivity index (χ4v) is 1.84. The highest BCUT2D eigenvalue weighted by Crippen LogP contribution is 2.39. The lowest BCUT2D eigenvalue weighted by molar-refractivity contribution is 0.911. The quantitative estimate of drug-likeness (QED) is 0.810. The van der Waals surface area contributed by atoms with Crippen molar-refractivity contribution in [3.63, 3.8) is 0 Å². The Hall–Kier alpha value is -1.09. The first-order valence-corrected chi connectivity index (χ1v) is 5.59. The molecule has 1 aromatic heterocycles. The molecule has 0 spiro atoms. The van der Waals surface area contributed by atoms with E-state index in [9.17, 15) is 0 Å². The molecular formula is C12H19N3. The third-order valence-electron chi connectivity index (χ3n) is 2.81. The summed E-state index contributed by atoms with van der Waals surface area (Å²) in [6.45, 7) is 0.686. The molecule has 3 nitrogen and oxygen atoms in total. The molecule has 15 heavy (non-hydrogen) atoms. The summed E-state index contributed by atoms with van der Waals surface area (Å²) in [5.74, 6) is 1.81. The SMILES string of the molecule is CN(C)c1nc(C2CC2)ccc1CCN. The van der Waals surface area contributed by atoms with E-state index in [2.05, 4.69) is 17.0 Å². The highest BCUT2D eigenvalue weighted by atomic mass is 15.1. The molecular weight excluding hydrogens is 186 g/mol. The van der Waals surface area contributed by atoms with Crippen LogP contribution < -0.4 is 10.6 Å². The van der Waals surface area contributed by atoms with Gasteiger partial charge in [-0.1, -0.05) is 6.07 Å². The topological polar surface area (TPSA) is 42.2 Å². The van der Waals surface area contributed by atoms with Crippen LogP contribution in [0.5, 0.6) is 0 Å². The van der Waals surface area contributed by atoms with Gasteiger partial charge in [-0.2, -0.15) is 0 Å². The second-order valence-corrected chi connectivity index (χ2v) is 4.43. The lowest BCUT2D eigenvalue weighted by Crippen LogP contribution is -2.16. The monoisotopic (exact) mass is 205 g/mol. The summed E-state index contributed by atoms with van der Waals surface area (Å²) in [7, 11) is 4.08. The molecule has 1 aliphatic rings. The lowest BCUT2D eigenvalue weighted by Gasteiger charge is -2.17. The standard InChI is InChI=1S/C12H19N3/c1-15(2)12-10(7-8-13)5-6-11(14-12)9-3-4-9/h5-6,9H,3-4,7-8,13H2,1-2H3. The minimum absolute atomic E-state index is 0.686. The van der Waals surface area contributed by atoms with Crippen molar-refractivity contribution in [2.75, 3.05) is 25.5 Å². The largest absolute Gasteiger partial charge is 0.363 e. The number of aromatic nitrogens is 1. The smallest absolute Gasteiger partial charge is 0.131 e. The highest BCUT2D eigenvalue weighted by Gasteiger charge is 2.25. The predicted octanol–water partition coefficient (Wildman–Crippen LogP) is 1.53. The fourth-order valence-electron chi connectivity index (χ4n) is 1.84. The van der Waals surface area contributed by atoms with E-state index in [1.165, 1.54) is 24.1 Å². The average molecular weight is 205 g/mol. The molecule has 0 aliphatic heterocycles. The average Bonchev–Trinajstić information content (AvgIpc) is 3.02. The number of nitrogens with zero attached hydrogens (tertiary/aromatic N) is 2. The Morgan fingerprint density at radius 2 is 2.13 bits per heavy atom. The molecule has 1 fully saturated rings. The van der Waals surface area contributed by atoms with Gasteiger partial charge in [0.05, 0.1) is 0 Å². The van der Waals surface area contributed by atoms with Gasteiger partial charge in [0.15, 0.2) is 0 Å². The van der Waals surface area contributed by atoms with Crippen LogP contribution in [0.4, 0.5) is 5.82 Å². The predicted molar refractivity (Wildman–Crippen MR) is 63.3 cm³/mol. The van der Waals surface area contributed by atoms with Crippen molar-refractivity contribution in [2.24, 2.45) is 5.73 Å².